The van der Waals surface area contributed by atoms with Gasteiger partial charge in [0.15, 0.2) is 0 Å². The molecule has 1 aromatic heterocycles. The summed E-state index contributed by atoms with van der Waals surface area (Å²) in [7, 11) is 0. The molecule has 1 aliphatic heterocycles. The van der Waals surface area contributed by atoms with Crippen molar-refractivity contribution in [2.24, 2.45) is 0 Å². The number of benzene rings is 1. The van der Waals surface area contributed by atoms with Gasteiger partial charge in [-0.15, -0.1) is 23.1 Å². The Kier molecular flexibility index (Phi) is 6.16. The molecule has 0 spiro atoms. The molecule has 0 N–H and O–H groups in total. The van der Waals surface area contributed by atoms with Crippen molar-refractivity contribution in [3.8, 4) is 0 Å². The first-order valence-corrected chi connectivity index (χ1v) is 10.5. The summed E-state index contributed by atoms with van der Waals surface area (Å²) in [6, 6.07) is 7.01. The van der Waals surface area contributed by atoms with Gasteiger partial charge in [-0.2, -0.15) is 0 Å². The molecule has 0 bridgehead atoms. The van der Waals surface area contributed by atoms with Crippen LogP contribution in [0.4, 0.5) is 8.78 Å². The summed E-state index contributed by atoms with van der Waals surface area (Å²) < 4.78 is 27.5. The van der Waals surface area contributed by atoms with E-state index in [4.69, 9.17) is 0 Å². The van der Waals surface area contributed by atoms with E-state index >= 15 is 0 Å². The molecule has 0 aliphatic carbocycles. The van der Waals surface area contributed by atoms with Gasteiger partial charge in [-0.05, 0) is 31.4 Å². The van der Waals surface area contributed by atoms with E-state index in [2.05, 4.69) is 0 Å². The molecule has 8 heteroatoms. The van der Waals surface area contributed by atoms with E-state index in [0.717, 1.165) is 6.07 Å². The van der Waals surface area contributed by atoms with Crippen LogP contribution in [0.25, 0.3) is 0 Å². The van der Waals surface area contributed by atoms with Crippen LogP contribution >= 0.6 is 23.1 Å². The number of thioether (sulfide) groups is 1. The van der Waals surface area contributed by atoms with E-state index < -0.39 is 17.0 Å². The quantitative estimate of drug-likeness (QED) is 0.718. The lowest BCUT2D eigenvalue weighted by molar-refractivity contribution is -0.130. The van der Waals surface area contributed by atoms with Crippen molar-refractivity contribution in [2.75, 3.05) is 19.6 Å². The molecule has 0 unspecified atom stereocenters. The molecule has 27 heavy (non-hydrogen) atoms. The second kappa shape index (κ2) is 8.39. The van der Waals surface area contributed by atoms with Crippen molar-refractivity contribution in [2.45, 2.75) is 24.5 Å². The van der Waals surface area contributed by atoms with Gasteiger partial charge in [0.25, 0.3) is 5.91 Å². The van der Waals surface area contributed by atoms with Crippen LogP contribution in [0.2, 0.25) is 0 Å². The zero-order valence-corrected chi connectivity index (χ0v) is 16.7. The number of carbonyl (C=O) groups is 2. The third kappa shape index (κ3) is 4.16. The monoisotopic (exact) mass is 410 g/mol. The van der Waals surface area contributed by atoms with Crippen molar-refractivity contribution in [3.05, 3.63) is 57.8 Å². The number of thiophene rings is 1. The number of likely N-dealkylation sites (N-methyl/N-ethyl adjacent to an activating group) is 1. The van der Waals surface area contributed by atoms with Crippen LogP contribution in [0.15, 0.2) is 35.7 Å². The summed E-state index contributed by atoms with van der Waals surface area (Å²) in [4.78, 5) is 29.0. The van der Waals surface area contributed by atoms with Crippen LogP contribution in [0, 0.1) is 11.6 Å². The van der Waals surface area contributed by atoms with Crippen molar-refractivity contribution in [3.63, 3.8) is 0 Å². The topological polar surface area (TPSA) is 40.6 Å². The molecule has 2 aromatic rings. The maximum atomic E-state index is 14.3. The number of halogens is 2. The fraction of sp³-hybridized carbons (Fsp3) is 0.368. The summed E-state index contributed by atoms with van der Waals surface area (Å²) in [5.41, 5.74) is 0.284. The molecule has 3 rings (SSSR count). The minimum absolute atomic E-state index is 0.0793. The Bertz CT molecular complexity index is 829. The molecule has 1 aliphatic rings. The lowest BCUT2D eigenvalue weighted by Gasteiger charge is -2.28. The van der Waals surface area contributed by atoms with Crippen LogP contribution in [0.5, 0.6) is 0 Å². The largest absolute Gasteiger partial charge is 0.336 e. The average Bonchev–Trinajstić information content (AvgIpc) is 3.26. The average molecular weight is 411 g/mol. The number of hydrogen-bond acceptors (Lipinski definition) is 4. The molecule has 2 amide bonds. The molecular formula is C19H20F2N2O2S2. The van der Waals surface area contributed by atoms with Crippen LogP contribution in [-0.2, 0) is 4.79 Å². The van der Waals surface area contributed by atoms with Crippen molar-refractivity contribution >= 4 is 34.9 Å². The maximum absolute atomic E-state index is 14.3. The summed E-state index contributed by atoms with van der Waals surface area (Å²) >= 11 is 2.71. The zero-order valence-electron chi connectivity index (χ0n) is 15.0. The molecule has 1 fully saturated rings. The van der Waals surface area contributed by atoms with Crippen molar-refractivity contribution in [1.29, 1.82) is 0 Å². The Morgan fingerprint density at radius 1 is 1.30 bits per heavy atom. The smallest absolute Gasteiger partial charge is 0.263 e. The Labute approximate surface area is 165 Å². The fourth-order valence-corrected chi connectivity index (χ4v) is 5.06. The highest BCUT2D eigenvalue weighted by molar-refractivity contribution is 8.01. The van der Waals surface area contributed by atoms with E-state index in [1.54, 1.807) is 22.8 Å². The van der Waals surface area contributed by atoms with Gasteiger partial charge < -0.3 is 9.80 Å². The summed E-state index contributed by atoms with van der Waals surface area (Å²) in [6.07, 6.45) is 0. The van der Waals surface area contributed by atoms with E-state index in [1.807, 2.05) is 18.4 Å². The second-order valence-electron chi connectivity index (χ2n) is 6.19. The van der Waals surface area contributed by atoms with Gasteiger partial charge in [-0.25, -0.2) is 8.78 Å². The highest BCUT2D eigenvalue weighted by Crippen LogP contribution is 2.43. The van der Waals surface area contributed by atoms with Gasteiger partial charge in [-0.1, -0.05) is 12.1 Å². The third-order valence-corrected chi connectivity index (χ3v) is 6.72. The normalized spacial score (nSPS) is 19.6. The van der Waals surface area contributed by atoms with Crippen LogP contribution in [-0.4, -0.2) is 46.5 Å². The maximum Gasteiger partial charge on any atom is 0.263 e. The Balaban J connectivity index is 1.76. The fourth-order valence-electron chi connectivity index (χ4n) is 3.03. The van der Waals surface area contributed by atoms with E-state index in [-0.39, 0.29) is 22.6 Å². The minimum Gasteiger partial charge on any atom is -0.336 e. The van der Waals surface area contributed by atoms with Crippen LogP contribution < -0.4 is 0 Å². The molecule has 1 aromatic carbocycles. The molecule has 0 saturated carbocycles. The Morgan fingerprint density at radius 3 is 2.70 bits per heavy atom. The Morgan fingerprint density at radius 2 is 2.07 bits per heavy atom. The zero-order chi connectivity index (χ0) is 19.6. The minimum atomic E-state index is -0.665. The first-order valence-electron chi connectivity index (χ1n) is 8.66. The van der Waals surface area contributed by atoms with Gasteiger partial charge in [0.1, 0.15) is 17.0 Å². The van der Waals surface area contributed by atoms with E-state index in [0.29, 0.717) is 24.5 Å². The Hall–Kier alpha value is -1.93. The number of rotatable bonds is 6. The van der Waals surface area contributed by atoms with Gasteiger partial charge in [0.05, 0.1) is 10.1 Å². The molecule has 2 heterocycles. The van der Waals surface area contributed by atoms with Gasteiger partial charge in [0, 0.05) is 31.3 Å². The van der Waals surface area contributed by atoms with Crippen LogP contribution in [0.1, 0.15) is 34.5 Å². The SMILES string of the molecule is CCN(CCN1C(=O)[C@H](C)S[C@@H]1c1ccc(F)cc1F)C(=O)c1cccs1. The molecule has 144 valence electrons. The first-order chi connectivity index (χ1) is 12.9. The molecule has 0 radical (unpaired) electrons. The molecule has 4 nitrogen and oxygen atoms in total. The lowest BCUT2D eigenvalue weighted by atomic mass is 10.2. The number of carbonyl (C=O) groups excluding carboxylic acids is 2. The number of nitrogens with zero attached hydrogens (tertiary/aromatic N) is 2. The molecule has 2 atom stereocenters. The van der Waals surface area contributed by atoms with Gasteiger partial charge in [0.2, 0.25) is 5.91 Å². The van der Waals surface area contributed by atoms with E-state index in [9.17, 15) is 18.4 Å². The molecular weight excluding hydrogens is 390 g/mol. The summed E-state index contributed by atoms with van der Waals surface area (Å²) in [5.74, 6) is -1.50. The highest BCUT2D eigenvalue weighted by Gasteiger charge is 2.39. The third-order valence-electron chi connectivity index (χ3n) is 4.49. The highest BCUT2D eigenvalue weighted by atomic mass is 32.2. The number of amides is 2. The van der Waals surface area contributed by atoms with Crippen molar-refractivity contribution < 1.29 is 18.4 Å². The van der Waals surface area contributed by atoms with Crippen molar-refractivity contribution in [1.82, 2.24) is 9.80 Å². The number of hydrogen-bond donors (Lipinski definition) is 0. The predicted molar refractivity (Wildman–Crippen MR) is 104 cm³/mol. The molecule has 1 saturated heterocycles. The first kappa shape index (κ1) is 19.8. The van der Waals surface area contributed by atoms with Gasteiger partial charge >= 0.3 is 0 Å². The van der Waals surface area contributed by atoms with Gasteiger partial charge in [-0.3, -0.25) is 9.59 Å². The summed E-state index contributed by atoms with van der Waals surface area (Å²) in [5, 5.41) is 1.00. The second-order valence-corrected chi connectivity index (χ2v) is 8.56. The predicted octanol–water partition coefficient (Wildman–Crippen LogP) is 4.15. The standard InChI is InChI=1S/C19H20F2N2O2S2/c1-3-22(18(25)16-5-4-10-26-16)8-9-23-17(24)12(2)27-19(23)14-7-6-13(20)11-15(14)21/h4-7,10-12,19H,3,8-9H2,1-2H3/t12-,19+/m0/s1. The van der Waals surface area contributed by atoms with E-state index in [1.165, 1.54) is 35.2 Å². The lowest BCUT2D eigenvalue weighted by Crippen LogP contribution is -2.40. The van der Waals surface area contributed by atoms with Crippen LogP contribution in [0.3, 0.4) is 0 Å². The summed E-state index contributed by atoms with van der Waals surface area (Å²) in [6.45, 7) is 4.81.